The van der Waals surface area contributed by atoms with Crippen molar-refractivity contribution in [2.75, 3.05) is 7.11 Å². The Hall–Kier alpha value is -1.84. The van der Waals surface area contributed by atoms with E-state index >= 15 is 0 Å². The molecule has 1 aromatic carbocycles. The predicted molar refractivity (Wildman–Crippen MR) is 60.4 cm³/mol. The van der Waals surface area contributed by atoms with Crippen LogP contribution in [0.25, 0.3) is 0 Å². The number of hydrogen-bond donors (Lipinski definition) is 0. The molecule has 0 N–H and O–H groups in total. The summed E-state index contributed by atoms with van der Waals surface area (Å²) in [7, 11) is 1.37. The molecule has 1 aromatic rings. The summed E-state index contributed by atoms with van der Waals surface area (Å²) in [6.45, 7) is 0. The molecule has 1 aliphatic carbocycles. The highest BCUT2D eigenvalue weighted by Crippen LogP contribution is 2.31. The summed E-state index contributed by atoms with van der Waals surface area (Å²) in [5.41, 5.74) is 0.536. The van der Waals surface area contributed by atoms with Gasteiger partial charge in [-0.25, -0.2) is 4.79 Å². The Labute approximate surface area is 99.5 Å². The number of esters is 2. The van der Waals surface area contributed by atoms with E-state index in [0.29, 0.717) is 18.4 Å². The fourth-order valence-corrected chi connectivity index (χ4v) is 1.81. The van der Waals surface area contributed by atoms with Crippen molar-refractivity contribution in [1.82, 2.24) is 0 Å². The van der Waals surface area contributed by atoms with E-state index in [1.54, 1.807) is 24.3 Å². The maximum absolute atomic E-state index is 11.7. The molecule has 0 aromatic heterocycles. The first kappa shape index (κ1) is 11.6. The quantitative estimate of drug-likeness (QED) is 0.748. The molecule has 2 rings (SSSR count). The second kappa shape index (κ2) is 4.99. The maximum atomic E-state index is 11.7. The van der Waals surface area contributed by atoms with Crippen molar-refractivity contribution in [1.29, 1.82) is 0 Å². The first-order chi connectivity index (χ1) is 8.20. The van der Waals surface area contributed by atoms with Gasteiger partial charge in [0.2, 0.25) is 0 Å². The number of carbonyl (C=O) groups is 2. The molecular formula is C13H14O4. The van der Waals surface area contributed by atoms with Crippen LogP contribution in [0.5, 0.6) is 0 Å². The van der Waals surface area contributed by atoms with Gasteiger partial charge in [0.1, 0.15) is 6.10 Å². The summed E-state index contributed by atoms with van der Waals surface area (Å²) >= 11 is 0. The van der Waals surface area contributed by atoms with Crippen LogP contribution >= 0.6 is 0 Å². The van der Waals surface area contributed by atoms with Crippen LogP contribution in [-0.4, -0.2) is 25.2 Å². The monoisotopic (exact) mass is 234 g/mol. The van der Waals surface area contributed by atoms with E-state index in [-0.39, 0.29) is 24.0 Å². The van der Waals surface area contributed by atoms with E-state index in [4.69, 9.17) is 4.74 Å². The summed E-state index contributed by atoms with van der Waals surface area (Å²) in [5.74, 6) is -0.676. The molecule has 1 saturated carbocycles. The first-order valence-corrected chi connectivity index (χ1v) is 5.54. The Balaban J connectivity index is 1.81. The van der Waals surface area contributed by atoms with Crippen molar-refractivity contribution in [2.45, 2.75) is 18.9 Å². The van der Waals surface area contributed by atoms with Gasteiger partial charge < -0.3 is 9.47 Å². The average molecular weight is 234 g/mol. The highest BCUT2D eigenvalue weighted by atomic mass is 16.5. The first-order valence-electron chi connectivity index (χ1n) is 5.54. The maximum Gasteiger partial charge on any atom is 0.338 e. The second-order valence-electron chi connectivity index (χ2n) is 4.08. The third-order valence-electron chi connectivity index (χ3n) is 2.91. The Kier molecular flexibility index (Phi) is 3.42. The Morgan fingerprint density at radius 3 is 2.41 bits per heavy atom. The van der Waals surface area contributed by atoms with E-state index in [1.165, 1.54) is 7.11 Å². The number of carbonyl (C=O) groups excluding carboxylic acids is 2. The molecular weight excluding hydrogens is 220 g/mol. The Bertz CT molecular complexity index is 407. The third-order valence-corrected chi connectivity index (χ3v) is 2.91. The highest BCUT2D eigenvalue weighted by molar-refractivity contribution is 5.89. The Morgan fingerprint density at radius 2 is 1.82 bits per heavy atom. The molecule has 0 bridgehead atoms. The van der Waals surface area contributed by atoms with E-state index in [2.05, 4.69) is 4.74 Å². The average Bonchev–Trinajstić information content (AvgIpc) is 2.33. The molecule has 4 heteroatoms. The van der Waals surface area contributed by atoms with Gasteiger partial charge in [-0.1, -0.05) is 18.2 Å². The zero-order valence-corrected chi connectivity index (χ0v) is 9.59. The van der Waals surface area contributed by atoms with Crippen molar-refractivity contribution in [2.24, 2.45) is 5.92 Å². The molecule has 0 aliphatic heterocycles. The lowest BCUT2D eigenvalue weighted by molar-refractivity contribution is -0.152. The minimum absolute atomic E-state index is 0.117. The lowest BCUT2D eigenvalue weighted by atomic mass is 9.82. The highest BCUT2D eigenvalue weighted by Gasteiger charge is 2.37. The summed E-state index contributed by atoms with van der Waals surface area (Å²) in [4.78, 5) is 22.8. The van der Waals surface area contributed by atoms with E-state index in [0.717, 1.165) is 0 Å². The molecule has 0 saturated heterocycles. The van der Waals surface area contributed by atoms with Crippen molar-refractivity contribution in [3.05, 3.63) is 35.9 Å². The zero-order chi connectivity index (χ0) is 12.3. The van der Waals surface area contributed by atoms with E-state index in [1.807, 2.05) is 6.07 Å². The standard InChI is InChI=1S/C13H14O4/c1-16-12(14)10-7-11(8-10)17-13(15)9-5-3-2-4-6-9/h2-6,10-11H,7-8H2,1H3. The van der Waals surface area contributed by atoms with Gasteiger partial charge >= 0.3 is 11.9 Å². The van der Waals surface area contributed by atoms with Gasteiger partial charge in [0.15, 0.2) is 0 Å². The van der Waals surface area contributed by atoms with Gasteiger partial charge in [0.05, 0.1) is 18.6 Å². The molecule has 0 atom stereocenters. The second-order valence-corrected chi connectivity index (χ2v) is 4.08. The van der Waals surface area contributed by atoms with Crippen LogP contribution in [0, 0.1) is 5.92 Å². The van der Waals surface area contributed by atoms with Gasteiger partial charge in [-0.05, 0) is 25.0 Å². The molecule has 4 nitrogen and oxygen atoms in total. The van der Waals surface area contributed by atoms with Gasteiger partial charge in [-0.3, -0.25) is 4.79 Å². The normalized spacial score (nSPS) is 22.4. The topological polar surface area (TPSA) is 52.6 Å². The van der Waals surface area contributed by atoms with Crippen LogP contribution in [0.15, 0.2) is 30.3 Å². The molecule has 0 spiro atoms. The third kappa shape index (κ3) is 2.64. The largest absolute Gasteiger partial charge is 0.469 e. The van der Waals surface area contributed by atoms with E-state index in [9.17, 15) is 9.59 Å². The smallest absolute Gasteiger partial charge is 0.338 e. The van der Waals surface area contributed by atoms with Gasteiger partial charge in [0.25, 0.3) is 0 Å². The van der Waals surface area contributed by atoms with Crippen LogP contribution in [0.2, 0.25) is 0 Å². The van der Waals surface area contributed by atoms with Gasteiger partial charge in [-0.15, -0.1) is 0 Å². The number of rotatable bonds is 3. The van der Waals surface area contributed by atoms with Crippen molar-refractivity contribution >= 4 is 11.9 Å². The van der Waals surface area contributed by atoms with Crippen LogP contribution in [0.1, 0.15) is 23.2 Å². The summed E-state index contributed by atoms with van der Waals surface area (Å²) in [6.07, 6.45) is 0.961. The molecule has 1 fully saturated rings. The predicted octanol–water partition coefficient (Wildman–Crippen LogP) is 1.79. The van der Waals surface area contributed by atoms with Gasteiger partial charge in [-0.2, -0.15) is 0 Å². The number of methoxy groups -OCH3 is 1. The van der Waals surface area contributed by atoms with Crippen LogP contribution in [-0.2, 0) is 14.3 Å². The minimum Gasteiger partial charge on any atom is -0.469 e. The number of hydrogen-bond acceptors (Lipinski definition) is 4. The molecule has 0 amide bonds. The summed E-state index contributed by atoms with van der Waals surface area (Å²) < 4.78 is 9.86. The van der Waals surface area contributed by atoms with Crippen LogP contribution in [0.3, 0.4) is 0 Å². The lowest BCUT2D eigenvalue weighted by Crippen LogP contribution is -2.38. The molecule has 0 heterocycles. The summed E-state index contributed by atoms with van der Waals surface area (Å²) in [6, 6.07) is 8.83. The molecule has 0 unspecified atom stereocenters. The van der Waals surface area contributed by atoms with Crippen LogP contribution < -0.4 is 0 Å². The van der Waals surface area contributed by atoms with Crippen LogP contribution in [0.4, 0.5) is 0 Å². The fraction of sp³-hybridized carbons (Fsp3) is 0.385. The van der Waals surface area contributed by atoms with Gasteiger partial charge in [0, 0.05) is 0 Å². The van der Waals surface area contributed by atoms with Crippen molar-refractivity contribution in [3.8, 4) is 0 Å². The fourth-order valence-electron chi connectivity index (χ4n) is 1.81. The number of benzene rings is 1. The lowest BCUT2D eigenvalue weighted by Gasteiger charge is -2.32. The molecule has 1 aliphatic rings. The van der Waals surface area contributed by atoms with E-state index < -0.39 is 0 Å². The zero-order valence-electron chi connectivity index (χ0n) is 9.59. The SMILES string of the molecule is COC(=O)C1CC(OC(=O)c2ccccc2)C1. The number of ether oxygens (including phenoxy) is 2. The Morgan fingerprint density at radius 1 is 1.18 bits per heavy atom. The molecule has 17 heavy (non-hydrogen) atoms. The minimum atomic E-state index is -0.334. The van der Waals surface area contributed by atoms with Crippen molar-refractivity contribution in [3.63, 3.8) is 0 Å². The molecule has 0 radical (unpaired) electrons. The summed E-state index contributed by atoms with van der Waals surface area (Å²) in [5, 5.41) is 0. The molecule has 90 valence electrons. The van der Waals surface area contributed by atoms with Crippen molar-refractivity contribution < 1.29 is 19.1 Å².